The van der Waals surface area contributed by atoms with E-state index >= 15 is 0 Å². The van der Waals surface area contributed by atoms with Crippen LogP contribution in [0, 0.1) is 5.41 Å². The van der Waals surface area contributed by atoms with E-state index < -0.39 is 0 Å². The standard InChI is InChI=1S/C13H25N3/c1-6-8-11-15-10(9-13(3,4)5)12(14)16(11)7-2/h6-9,14H2,1-5H3. The Balaban J connectivity index is 3.02. The van der Waals surface area contributed by atoms with Crippen molar-refractivity contribution in [2.75, 3.05) is 5.73 Å². The third kappa shape index (κ3) is 3.00. The van der Waals surface area contributed by atoms with Crippen LogP contribution in [-0.4, -0.2) is 9.55 Å². The van der Waals surface area contributed by atoms with Gasteiger partial charge in [0.15, 0.2) is 0 Å². The first-order chi connectivity index (χ1) is 7.39. The third-order valence-electron chi connectivity index (χ3n) is 2.65. The summed E-state index contributed by atoms with van der Waals surface area (Å²) in [5, 5.41) is 0. The van der Waals surface area contributed by atoms with E-state index in [9.17, 15) is 0 Å². The van der Waals surface area contributed by atoms with Crippen molar-refractivity contribution in [3.05, 3.63) is 11.5 Å². The summed E-state index contributed by atoms with van der Waals surface area (Å²) in [6.07, 6.45) is 3.08. The highest BCUT2D eigenvalue weighted by molar-refractivity contribution is 5.39. The van der Waals surface area contributed by atoms with Crippen LogP contribution in [0.5, 0.6) is 0 Å². The van der Waals surface area contributed by atoms with Crippen LogP contribution in [0.15, 0.2) is 0 Å². The molecule has 0 spiro atoms. The summed E-state index contributed by atoms with van der Waals surface area (Å²) in [5.41, 5.74) is 7.46. The Kier molecular flexibility index (Phi) is 4.00. The minimum Gasteiger partial charge on any atom is -0.384 e. The first-order valence-corrected chi connectivity index (χ1v) is 6.22. The molecule has 0 aliphatic rings. The number of imidazole rings is 1. The molecule has 0 aromatic carbocycles. The first-order valence-electron chi connectivity index (χ1n) is 6.22. The fourth-order valence-electron chi connectivity index (χ4n) is 1.97. The Bertz CT molecular complexity index is 345. The molecule has 0 fully saturated rings. The molecule has 92 valence electrons. The highest BCUT2D eigenvalue weighted by Gasteiger charge is 2.19. The van der Waals surface area contributed by atoms with Crippen molar-refractivity contribution in [2.45, 2.75) is 60.4 Å². The maximum absolute atomic E-state index is 6.15. The van der Waals surface area contributed by atoms with E-state index in [0.717, 1.165) is 43.1 Å². The van der Waals surface area contributed by atoms with E-state index in [1.165, 1.54) is 0 Å². The summed E-state index contributed by atoms with van der Waals surface area (Å²) >= 11 is 0. The lowest BCUT2D eigenvalue weighted by Crippen LogP contribution is -2.11. The van der Waals surface area contributed by atoms with Gasteiger partial charge in [0.2, 0.25) is 0 Å². The Labute approximate surface area is 99.1 Å². The van der Waals surface area contributed by atoms with Gasteiger partial charge in [0, 0.05) is 13.0 Å². The van der Waals surface area contributed by atoms with Crippen LogP contribution in [0.1, 0.15) is 52.6 Å². The molecule has 0 saturated carbocycles. The zero-order valence-corrected chi connectivity index (χ0v) is 11.3. The number of nitrogens with two attached hydrogens (primary N) is 1. The molecule has 3 nitrogen and oxygen atoms in total. The van der Waals surface area contributed by atoms with Crippen LogP contribution in [0.4, 0.5) is 5.82 Å². The maximum Gasteiger partial charge on any atom is 0.126 e. The summed E-state index contributed by atoms with van der Waals surface area (Å²) in [6, 6.07) is 0. The van der Waals surface area contributed by atoms with Gasteiger partial charge in [-0.3, -0.25) is 0 Å². The quantitative estimate of drug-likeness (QED) is 0.852. The molecule has 0 unspecified atom stereocenters. The Morgan fingerprint density at radius 2 is 1.88 bits per heavy atom. The van der Waals surface area contributed by atoms with Crippen LogP contribution in [0.3, 0.4) is 0 Å². The predicted molar refractivity (Wildman–Crippen MR) is 69.5 cm³/mol. The summed E-state index contributed by atoms with van der Waals surface area (Å²) in [5.74, 6) is 2.00. The van der Waals surface area contributed by atoms with E-state index in [4.69, 9.17) is 10.7 Å². The third-order valence-corrected chi connectivity index (χ3v) is 2.65. The SMILES string of the molecule is CCCc1nc(CC(C)(C)C)c(N)n1CC. The second-order valence-electron chi connectivity index (χ2n) is 5.59. The number of anilines is 1. The van der Waals surface area contributed by atoms with Gasteiger partial charge in [-0.25, -0.2) is 4.98 Å². The van der Waals surface area contributed by atoms with E-state index in [0.29, 0.717) is 0 Å². The van der Waals surface area contributed by atoms with Gasteiger partial charge < -0.3 is 10.3 Å². The topological polar surface area (TPSA) is 43.8 Å². The molecule has 16 heavy (non-hydrogen) atoms. The molecule has 2 N–H and O–H groups in total. The number of aromatic nitrogens is 2. The van der Waals surface area contributed by atoms with Gasteiger partial charge in [0.05, 0.1) is 5.69 Å². The zero-order chi connectivity index (χ0) is 12.3. The molecule has 0 aliphatic heterocycles. The van der Waals surface area contributed by atoms with Crippen molar-refractivity contribution in [1.82, 2.24) is 9.55 Å². The van der Waals surface area contributed by atoms with E-state index in [-0.39, 0.29) is 5.41 Å². The molecule has 0 radical (unpaired) electrons. The molecule has 0 aliphatic carbocycles. The van der Waals surface area contributed by atoms with Gasteiger partial charge in [-0.15, -0.1) is 0 Å². The van der Waals surface area contributed by atoms with Crippen LogP contribution in [0.2, 0.25) is 0 Å². The molecule has 1 aromatic rings. The second kappa shape index (κ2) is 4.89. The van der Waals surface area contributed by atoms with Gasteiger partial charge in [-0.2, -0.15) is 0 Å². The minimum absolute atomic E-state index is 0.241. The molecule has 3 heteroatoms. The fourth-order valence-corrected chi connectivity index (χ4v) is 1.97. The number of rotatable bonds is 4. The molecular weight excluding hydrogens is 198 g/mol. The minimum atomic E-state index is 0.241. The average molecular weight is 223 g/mol. The van der Waals surface area contributed by atoms with Crippen molar-refractivity contribution in [3.63, 3.8) is 0 Å². The Hall–Kier alpha value is -0.990. The summed E-state index contributed by atoms with van der Waals surface area (Å²) in [4.78, 5) is 4.69. The van der Waals surface area contributed by atoms with Crippen molar-refractivity contribution < 1.29 is 0 Å². The van der Waals surface area contributed by atoms with Crippen LogP contribution in [-0.2, 0) is 19.4 Å². The number of nitrogens with zero attached hydrogens (tertiary/aromatic N) is 2. The monoisotopic (exact) mass is 223 g/mol. The van der Waals surface area contributed by atoms with E-state index in [1.807, 2.05) is 0 Å². The molecule has 0 bridgehead atoms. The number of hydrogen-bond donors (Lipinski definition) is 1. The largest absolute Gasteiger partial charge is 0.384 e. The lowest BCUT2D eigenvalue weighted by atomic mass is 9.90. The van der Waals surface area contributed by atoms with Crippen molar-refractivity contribution in [2.24, 2.45) is 5.41 Å². The number of hydrogen-bond acceptors (Lipinski definition) is 2. The maximum atomic E-state index is 6.15. The fraction of sp³-hybridized carbons (Fsp3) is 0.769. The summed E-state index contributed by atoms with van der Waals surface area (Å²) < 4.78 is 2.14. The summed E-state index contributed by atoms with van der Waals surface area (Å²) in [7, 11) is 0. The molecule has 1 heterocycles. The Morgan fingerprint density at radius 1 is 1.25 bits per heavy atom. The van der Waals surface area contributed by atoms with Gasteiger partial charge in [-0.05, 0) is 25.2 Å². The summed E-state index contributed by atoms with van der Waals surface area (Å²) in [6.45, 7) is 11.9. The lowest BCUT2D eigenvalue weighted by Gasteiger charge is -2.16. The van der Waals surface area contributed by atoms with Crippen LogP contribution in [0.25, 0.3) is 0 Å². The molecular formula is C13H25N3. The van der Waals surface area contributed by atoms with Crippen molar-refractivity contribution in [1.29, 1.82) is 0 Å². The Morgan fingerprint density at radius 3 is 2.31 bits per heavy atom. The number of nitrogen functional groups attached to an aromatic ring is 1. The van der Waals surface area contributed by atoms with E-state index in [1.54, 1.807) is 0 Å². The van der Waals surface area contributed by atoms with E-state index in [2.05, 4.69) is 39.2 Å². The molecule has 0 saturated heterocycles. The normalized spacial score (nSPS) is 12.1. The lowest BCUT2D eigenvalue weighted by molar-refractivity contribution is 0.407. The van der Waals surface area contributed by atoms with Crippen molar-refractivity contribution in [3.8, 4) is 0 Å². The van der Waals surface area contributed by atoms with Crippen molar-refractivity contribution >= 4 is 5.82 Å². The van der Waals surface area contributed by atoms with Crippen LogP contribution >= 0.6 is 0 Å². The average Bonchev–Trinajstić information content (AvgIpc) is 2.41. The first kappa shape index (κ1) is 13.1. The molecule has 1 aromatic heterocycles. The highest BCUT2D eigenvalue weighted by Crippen LogP contribution is 2.25. The van der Waals surface area contributed by atoms with Gasteiger partial charge in [-0.1, -0.05) is 27.7 Å². The smallest absolute Gasteiger partial charge is 0.126 e. The molecule has 0 atom stereocenters. The predicted octanol–water partition coefficient (Wildman–Crippen LogP) is 3.03. The van der Waals surface area contributed by atoms with Gasteiger partial charge in [0.25, 0.3) is 0 Å². The van der Waals surface area contributed by atoms with Gasteiger partial charge >= 0.3 is 0 Å². The van der Waals surface area contributed by atoms with Gasteiger partial charge in [0.1, 0.15) is 11.6 Å². The molecule has 1 rings (SSSR count). The zero-order valence-electron chi connectivity index (χ0n) is 11.3. The highest BCUT2D eigenvalue weighted by atomic mass is 15.1. The number of aryl methyl sites for hydroxylation is 1. The molecule has 0 amide bonds. The second-order valence-corrected chi connectivity index (χ2v) is 5.59. The van der Waals surface area contributed by atoms with Crippen LogP contribution < -0.4 is 5.73 Å².